The smallest absolute Gasteiger partial charge is 0.177 e. The van der Waals surface area contributed by atoms with Gasteiger partial charge in [0.25, 0.3) is 0 Å². The number of methoxy groups -OCH3 is 1. The number of nitrogens with one attached hydrogen (secondary N) is 2. The Kier molecular flexibility index (Phi) is 3.73. The van der Waals surface area contributed by atoms with Crippen molar-refractivity contribution in [3.8, 4) is 5.75 Å². The first kappa shape index (κ1) is 14.4. The van der Waals surface area contributed by atoms with Crippen LogP contribution < -0.4 is 15.8 Å². The number of hydrogen-bond donors (Lipinski definition) is 2. The third-order valence-corrected chi connectivity index (χ3v) is 3.92. The Bertz CT molecular complexity index is 682. The molecule has 0 spiro atoms. The maximum absolute atomic E-state index is 5.46. The van der Waals surface area contributed by atoms with Gasteiger partial charge in [0.2, 0.25) is 0 Å². The fraction of sp³-hybridized carbons (Fsp3) is 0.235. The average Bonchev–Trinajstić information content (AvgIpc) is 3.06. The molecule has 0 radical (unpaired) electrons. The summed E-state index contributed by atoms with van der Waals surface area (Å²) in [6.07, 6.45) is 0. The van der Waals surface area contributed by atoms with Gasteiger partial charge in [-0.1, -0.05) is 42.5 Å². The van der Waals surface area contributed by atoms with Crippen LogP contribution in [0.15, 0.2) is 59.7 Å². The Morgan fingerprint density at radius 2 is 1.68 bits per heavy atom. The molecule has 2 aromatic rings. The molecule has 0 unspecified atom stereocenters. The van der Waals surface area contributed by atoms with Crippen molar-refractivity contribution >= 4 is 5.84 Å². The van der Waals surface area contributed by atoms with E-state index in [2.05, 4.69) is 42.2 Å². The van der Waals surface area contributed by atoms with Gasteiger partial charge < -0.3 is 4.74 Å². The van der Waals surface area contributed by atoms with Crippen molar-refractivity contribution < 1.29 is 4.74 Å². The van der Waals surface area contributed by atoms with Crippen LogP contribution in [0.25, 0.3) is 0 Å². The minimum Gasteiger partial charge on any atom is -0.496 e. The molecule has 5 nitrogen and oxygen atoms in total. The van der Waals surface area contributed by atoms with Crippen molar-refractivity contribution in [1.29, 1.82) is 0 Å². The van der Waals surface area contributed by atoms with Crippen LogP contribution in [-0.4, -0.2) is 18.0 Å². The zero-order valence-corrected chi connectivity index (χ0v) is 13.0. The Hall–Kier alpha value is -2.53. The molecule has 0 amide bonds. The van der Waals surface area contributed by atoms with Gasteiger partial charge in [0.05, 0.1) is 18.2 Å². The number of benzene rings is 2. The summed E-state index contributed by atoms with van der Waals surface area (Å²) in [6, 6.07) is 18.2. The van der Waals surface area contributed by atoms with Gasteiger partial charge in [-0.3, -0.25) is 5.01 Å². The second-order valence-corrected chi connectivity index (χ2v) is 5.62. The van der Waals surface area contributed by atoms with Crippen LogP contribution in [-0.2, 0) is 5.54 Å². The van der Waals surface area contributed by atoms with E-state index >= 15 is 0 Å². The molecular formula is C17H20N4O. The molecule has 1 heterocycles. The van der Waals surface area contributed by atoms with Crippen LogP contribution in [0.1, 0.15) is 25.0 Å². The molecule has 2 N–H and O–H groups in total. The molecule has 3 rings (SSSR count). The molecule has 0 aliphatic carbocycles. The van der Waals surface area contributed by atoms with Gasteiger partial charge in [0.15, 0.2) is 5.84 Å². The molecular weight excluding hydrogens is 276 g/mol. The minimum absolute atomic E-state index is 0.287. The van der Waals surface area contributed by atoms with E-state index < -0.39 is 0 Å². The number of hydrogen-bond acceptors (Lipinski definition) is 5. The highest BCUT2D eigenvalue weighted by Gasteiger charge is 2.35. The van der Waals surface area contributed by atoms with Crippen molar-refractivity contribution in [3.63, 3.8) is 0 Å². The van der Waals surface area contributed by atoms with Crippen molar-refractivity contribution in [2.24, 2.45) is 5.10 Å². The van der Waals surface area contributed by atoms with Crippen LogP contribution in [0.3, 0.4) is 0 Å². The number of ether oxygens (including phenoxy) is 1. The minimum atomic E-state index is -0.287. The molecule has 0 atom stereocenters. The fourth-order valence-electron chi connectivity index (χ4n) is 2.62. The Labute approximate surface area is 130 Å². The summed E-state index contributed by atoms with van der Waals surface area (Å²) in [6.45, 7) is 4.29. The lowest BCUT2D eigenvalue weighted by atomic mass is 9.93. The maximum atomic E-state index is 5.46. The lowest BCUT2D eigenvalue weighted by Crippen LogP contribution is -2.52. The van der Waals surface area contributed by atoms with Gasteiger partial charge in [-0.2, -0.15) is 0 Å². The number of para-hydroxylation sites is 1. The summed E-state index contributed by atoms with van der Waals surface area (Å²) in [5.41, 5.74) is 7.81. The second kappa shape index (κ2) is 5.69. The van der Waals surface area contributed by atoms with Gasteiger partial charge in [-0.25, -0.2) is 5.53 Å². The van der Waals surface area contributed by atoms with Crippen LogP contribution in [0.5, 0.6) is 5.75 Å². The first-order chi connectivity index (χ1) is 10.6. The third-order valence-electron chi connectivity index (χ3n) is 3.92. The normalized spacial score (nSPS) is 14.5. The van der Waals surface area contributed by atoms with E-state index in [-0.39, 0.29) is 5.54 Å². The SMILES string of the molecule is COc1ccccc1C1=NNNN1C(C)(C)c1ccccc1. The highest BCUT2D eigenvalue weighted by atomic mass is 16.5. The van der Waals surface area contributed by atoms with Gasteiger partial charge in [0.1, 0.15) is 5.75 Å². The number of nitrogens with zero attached hydrogens (tertiary/aromatic N) is 2. The topological polar surface area (TPSA) is 48.9 Å². The first-order valence-electron chi connectivity index (χ1n) is 7.22. The molecule has 0 bridgehead atoms. The Morgan fingerprint density at radius 3 is 2.41 bits per heavy atom. The van der Waals surface area contributed by atoms with E-state index in [9.17, 15) is 0 Å². The molecule has 0 aromatic heterocycles. The number of hydrazine groups is 2. The van der Waals surface area contributed by atoms with Gasteiger partial charge >= 0.3 is 0 Å². The fourth-order valence-corrected chi connectivity index (χ4v) is 2.62. The summed E-state index contributed by atoms with van der Waals surface area (Å²) < 4.78 is 5.46. The van der Waals surface area contributed by atoms with E-state index in [1.807, 2.05) is 47.5 Å². The van der Waals surface area contributed by atoms with E-state index in [1.54, 1.807) is 7.11 Å². The number of hydrazone groups is 1. The first-order valence-corrected chi connectivity index (χ1v) is 7.22. The molecule has 0 saturated carbocycles. The predicted molar refractivity (Wildman–Crippen MR) is 87.1 cm³/mol. The van der Waals surface area contributed by atoms with Gasteiger partial charge in [0, 0.05) is 0 Å². The van der Waals surface area contributed by atoms with E-state index in [0.29, 0.717) is 0 Å². The lowest BCUT2D eigenvalue weighted by molar-refractivity contribution is 0.145. The summed E-state index contributed by atoms with van der Waals surface area (Å²) >= 11 is 0. The Morgan fingerprint density at radius 1 is 1.00 bits per heavy atom. The molecule has 114 valence electrons. The standard InChI is InChI=1S/C17H20N4O/c1-17(2,13-9-5-4-6-10-13)21-16(18-19-20-21)14-11-7-8-12-15(14)22-3/h4-12,19-20H,1-3H3. The highest BCUT2D eigenvalue weighted by Crippen LogP contribution is 2.31. The zero-order valence-electron chi connectivity index (χ0n) is 13.0. The molecule has 5 heteroatoms. The molecule has 0 saturated heterocycles. The summed E-state index contributed by atoms with van der Waals surface area (Å²) in [5, 5.41) is 6.40. The van der Waals surface area contributed by atoms with E-state index in [0.717, 1.165) is 17.1 Å². The molecule has 1 aliphatic heterocycles. The average molecular weight is 296 g/mol. The van der Waals surface area contributed by atoms with Crippen LogP contribution >= 0.6 is 0 Å². The van der Waals surface area contributed by atoms with Crippen molar-refractivity contribution in [3.05, 3.63) is 65.7 Å². The predicted octanol–water partition coefficient (Wildman–Crippen LogP) is 2.62. The molecule has 1 aliphatic rings. The van der Waals surface area contributed by atoms with E-state index in [1.165, 1.54) is 5.56 Å². The van der Waals surface area contributed by atoms with Gasteiger partial charge in [-0.05, 0) is 31.5 Å². The van der Waals surface area contributed by atoms with Crippen LogP contribution in [0, 0.1) is 0 Å². The number of rotatable bonds is 4. The lowest BCUT2D eigenvalue weighted by Gasteiger charge is -2.37. The zero-order chi connectivity index (χ0) is 15.6. The van der Waals surface area contributed by atoms with Crippen LogP contribution in [0.2, 0.25) is 0 Å². The summed E-state index contributed by atoms with van der Waals surface area (Å²) in [5.74, 6) is 1.59. The van der Waals surface area contributed by atoms with Crippen molar-refractivity contribution in [2.75, 3.05) is 7.11 Å². The summed E-state index contributed by atoms with van der Waals surface area (Å²) in [4.78, 5) is 0. The maximum Gasteiger partial charge on any atom is 0.177 e. The van der Waals surface area contributed by atoms with Crippen molar-refractivity contribution in [2.45, 2.75) is 19.4 Å². The third kappa shape index (κ3) is 2.40. The largest absolute Gasteiger partial charge is 0.496 e. The molecule has 22 heavy (non-hydrogen) atoms. The molecule has 2 aromatic carbocycles. The van der Waals surface area contributed by atoms with Crippen LogP contribution in [0.4, 0.5) is 0 Å². The quantitative estimate of drug-likeness (QED) is 0.910. The van der Waals surface area contributed by atoms with Gasteiger partial charge in [-0.15, -0.1) is 10.6 Å². The number of amidine groups is 1. The van der Waals surface area contributed by atoms with E-state index in [4.69, 9.17) is 4.74 Å². The molecule has 0 fully saturated rings. The monoisotopic (exact) mass is 296 g/mol. The second-order valence-electron chi connectivity index (χ2n) is 5.62. The Balaban J connectivity index is 2.00. The highest BCUT2D eigenvalue weighted by molar-refractivity contribution is 6.01. The summed E-state index contributed by atoms with van der Waals surface area (Å²) in [7, 11) is 1.67. The van der Waals surface area contributed by atoms with Crippen molar-refractivity contribution in [1.82, 2.24) is 16.1 Å².